The Labute approximate surface area is 187 Å². The molecule has 1 atom stereocenters. The van der Waals surface area contributed by atoms with Gasteiger partial charge in [0, 0.05) is 55.3 Å². The van der Waals surface area contributed by atoms with E-state index < -0.39 is 14.9 Å². The van der Waals surface area contributed by atoms with Gasteiger partial charge < -0.3 is 4.90 Å². The monoisotopic (exact) mass is 467 g/mol. The third-order valence-corrected chi connectivity index (χ3v) is 8.19. The molecule has 0 radical (unpaired) electrons. The zero-order chi connectivity index (χ0) is 22.4. The van der Waals surface area contributed by atoms with E-state index in [1.807, 2.05) is 6.92 Å². The fourth-order valence-electron chi connectivity index (χ4n) is 3.74. The van der Waals surface area contributed by atoms with Crippen molar-refractivity contribution in [3.63, 3.8) is 0 Å². The summed E-state index contributed by atoms with van der Waals surface area (Å²) in [6.45, 7) is 5.50. The van der Waals surface area contributed by atoms with Gasteiger partial charge in [0.2, 0.25) is 15.2 Å². The molecule has 9 nitrogen and oxygen atoms in total. The number of nitro groups is 1. The Bertz CT molecular complexity index is 995. The zero-order valence-electron chi connectivity index (χ0n) is 17.9. The van der Waals surface area contributed by atoms with E-state index in [4.69, 9.17) is 0 Å². The van der Waals surface area contributed by atoms with Crippen LogP contribution in [0.2, 0.25) is 0 Å². The summed E-state index contributed by atoms with van der Waals surface area (Å²) >= 11 is 1.25. The molecule has 31 heavy (non-hydrogen) atoms. The Hall–Kier alpha value is -2.11. The molecule has 0 bridgehead atoms. The average Bonchev–Trinajstić information content (AvgIpc) is 3.19. The summed E-state index contributed by atoms with van der Waals surface area (Å²) in [6, 6.07) is 6.57. The van der Waals surface area contributed by atoms with Gasteiger partial charge in [0.05, 0.1) is 10.7 Å². The molecule has 3 rings (SSSR count). The summed E-state index contributed by atoms with van der Waals surface area (Å²) in [4.78, 5) is 17.5. The van der Waals surface area contributed by atoms with Gasteiger partial charge in [-0.3, -0.25) is 10.1 Å². The first-order chi connectivity index (χ1) is 14.8. The van der Waals surface area contributed by atoms with Crippen molar-refractivity contribution in [1.82, 2.24) is 13.7 Å². The summed E-state index contributed by atoms with van der Waals surface area (Å²) in [5.41, 5.74) is 0.633. The number of hydrogen-bond donors (Lipinski definition) is 0. The van der Waals surface area contributed by atoms with E-state index in [-0.39, 0.29) is 23.9 Å². The number of para-hydroxylation sites is 1. The lowest BCUT2D eigenvalue weighted by atomic mass is 10.1. The van der Waals surface area contributed by atoms with Crippen LogP contribution in [0.15, 0.2) is 24.3 Å². The Kier molecular flexibility index (Phi) is 7.95. The van der Waals surface area contributed by atoms with E-state index in [0.717, 1.165) is 24.4 Å². The lowest BCUT2D eigenvalue weighted by molar-refractivity contribution is -0.385. The van der Waals surface area contributed by atoms with Gasteiger partial charge in [-0.05, 0) is 13.3 Å². The largest absolute Gasteiger partial charge is 0.342 e. The Morgan fingerprint density at radius 1 is 1.23 bits per heavy atom. The number of rotatable bonds is 10. The van der Waals surface area contributed by atoms with Gasteiger partial charge in [0.15, 0.2) is 0 Å². The average molecular weight is 468 g/mol. The number of nitrogens with zero attached hydrogens (tertiary/aromatic N) is 5. The third kappa shape index (κ3) is 5.98. The standard InChI is InChI=1S/C20H29N5O4S2/c1-3-4-5-8-13-31(28,29)23-11-12-24(16(2)15-23)20-21-19(22-30-20)14-17-9-6-7-10-18(17)25(26)27/h6-7,9-10,16H,3-5,8,11-15H2,1-2H3. The van der Waals surface area contributed by atoms with E-state index >= 15 is 0 Å². The van der Waals surface area contributed by atoms with Gasteiger partial charge in [0.25, 0.3) is 5.69 Å². The minimum absolute atomic E-state index is 0.0222. The van der Waals surface area contributed by atoms with Crippen LogP contribution in [0.3, 0.4) is 0 Å². The first-order valence-electron chi connectivity index (χ1n) is 10.6. The van der Waals surface area contributed by atoms with E-state index in [2.05, 4.69) is 21.2 Å². The summed E-state index contributed by atoms with van der Waals surface area (Å²) in [5, 5.41) is 11.9. The van der Waals surface area contributed by atoms with Crippen LogP contribution in [0.1, 0.15) is 50.9 Å². The molecule has 0 aliphatic carbocycles. The number of unbranched alkanes of at least 4 members (excludes halogenated alkanes) is 3. The molecule has 1 aliphatic rings. The van der Waals surface area contributed by atoms with E-state index in [9.17, 15) is 18.5 Å². The molecule has 1 unspecified atom stereocenters. The Balaban J connectivity index is 1.62. The zero-order valence-corrected chi connectivity index (χ0v) is 19.6. The van der Waals surface area contributed by atoms with Gasteiger partial charge >= 0.3 is 0 Å². The van der Waals surface area contributed by atoms with E-state index in [1.165, 1.54) is 17.6 Å². The van der Waals surface area contributed by atoms with Crippen LogP contribution >= 0.6 is 11.5 Å². The third-order valence-electron chi connectivity index (χ3n) is 5.48. The quantitative estimate of drug-likeness (QED) is 0.299. The number of aromatic nitrogens is 2. The lowest BCUT2D eigenvalue weighted by Crippen LogP contribution is -2.54. The van der Waals surface area contributed by atoms with Crippen molar-refractivity contribution in [3.05, 3.63) is 45.8 Å². The normalized spacial score (nSPS) is 17.7. The van der Waals surface area contributed by atoms with E-state index in [0.29, 0.717) is 37.4 Å². The van der Waals surface area contributed by atoms with Crippen LogP contribution in [0, 0.1) is 10.1 Å². The molecule has 170 valence electrons. The molecular formula is C20H29N5O4S2. The number of anilines is 1. The molecular weight excluding hydrogens is 438 g/mol. The van der Waals surface area contributed by atoms with Gasteiger partial charge in [0.1, 0.15) is 5.82 Å². The second-order valence-electron chi connectivity index (χ2n) is 7.83. The molecule has 1 saturated heterocycles. The van der Waals surface area contributed by atoms with Crippen molar-refractivity contribution in [3.8, 4) is 0 Å². The second kappa shape index (κ2) is 10.5. The maximum Gasteiger partial charge on any atom is 0.273 e. The molecule has 0 spiro atoms. The molecule has 2 aromatic rings. The molecule has 2 heterocycles. The molecule has 0 N–H and O–H groups in total. The Morgan fingerprint density at radius 2 is 2.00 bits per heavy atom. The highest BCUT2D eigenvalue weighted by Crippen LogP contribution is 2.26. The van der Waals surface area contributed by atoms with Crippen LogP contribution in [0.4, 0.5) is 10.8 Å². The van der Waals surface area contributed by atoms with Crippen molar-refractivity contribution in [2.75, 3.05) is 30.3 Å². The molecule has 0 amide bonds. The number of piperazine rings is 1. The van der Waals surface area contributed by atoms with Crippen molar-refractivity contribution in [2.45, 2.75) is 52.0 Å². The maximum absolute atomic E-state index is 12.7. The first kappa shape index (κ1) is 23.6. The highest BCUT2D eigenvalue weighted by atomic mass is 32.2. The van der Waals surface area contributed by atoms with Crippen LogP contribution in [-0.4, -0.2) is 58.4 Å². The number of hydrogen-bond acceptors (Lipinski definition) is 8. The summed E-state index contributed by atoms with van der Waals surface area (Å²) in [7, 11) is -3.24. The lowest BCUT2D eigenvalue weighted by Gasteiger charge is -2.38. The van der Waals surface area contributed by atoms with Crippen molar-refractivity contribution >= 4 is 32.4 Å². The van der Waals surface area contributed by atoms with Crippen molar-refractivity contribution in [1.29, 1.82) is 0 Å². The predicted molar refractivity (Wildman–Crippen MR) is 122 cm³/mol. The predicted octanol–water partition coefficient (Wildman–Crippen LogP) is 3.46. The van der Waals surface area contributed by atoms with Crippen LogP contribution < -0.4 is 4.90 Å². The molecule has 1 aromatic heterocycles. The van der Waals surface area contributed by atoms with Gasteiger partial charge in [-0.2, -0.15) is 8.68 Å². The van der Waals surface area contributed by atoms with Crippen molar-refractivity contribution < 1.29 is 13.3 Å². The first-order valence-corrected chi connectivity index (χ1v) is 13.0. The fourth-order valence-corrected chi connectivity index (χ4v) is 6.19. The minimum Gasteiger partial charge on any atom is -0.342 e. The molecule has 1 fully saturated rings. The smallest absolute Gasteiger partial charge is 0.273 e. The molecule has 1 aliphatic heterocycles. The van der Waals surface area contributed by atoms with Gasteiger partial charge in [-0.1, -0.05) is 44.4 Å². The number of nitro benzene ring substituents is 1. The van der Waals surface area contributed by atoms with Crippen LogP contribution in [0.5, 0.6) is 0 Å². The van der Waals surface area contributed by atoms with Crippen LogP contribution in [-0.2, 0) is 16.4 Å². The summed E-state index contributed by atoms with van der Waals surface area (Å²) < 4.78 is 31.3. The second-order valence-corrected chi connectivity index (χ2v) is 10.7. The maximum atomic E-state index is 12.7. The highest BCUT2D eigenvalue weighted by molar-refractivity contribution is 7.89. The fraction of sp³-hybridized carbons (Fsp3) is 0.600. The number of benzene rings is 1. The molecule has 11 heteroatoms. The van der Waals surface area contributed by atoms with Crippen molar-refractivity contribution in [2.24, 2.45) is 0 Å². The number of sulfonamides is 1. The summed E-state index contributed by atoms with van der Waals surface area (Å²) in [6.07, 6.45) is 4.07. The highest BCUT2D eigenvalue weighted by Gasteiger charge is 2.32. The Morgan fingerprint density at radius 3 is 2.71 bits per heavy atom. The van der Waals surface area contributed by atoms with Gasteiger partial charge in [-0.25, -0.2) is 13.4 Å². The van der Waals surface area contributed by atoms with Gasteiger partial charge in [-0.15, -0.1) is 0 Å². The summed E-state index contributed by atoms with van der Waals surface area (Å²) in [5.74, 6) is 0.742. The topological polar surface area (TPSA) is 110 Å². The molecule has 0 saturated carbocycles. The SMILES string of the molecule is CCCCCCS(=O)(=O)N1CCN(c2nc(Cc3ccccc3[N+](=O)[O-])ns2)C(C)C1. The molecule has 1 aromatic carbocycles. The van der Waals surface area contributed by atoms with Crippen LogP contribution in [0.25, 0.3) is 0 Å². The minimum atomic E-state index is -3.24. The van der Waals surface area contributed by atoms with E-state index in [1.54, 1.807) is 22.5 Å².